The molecule has 0 saturated heterocycles. The molecule has 0 atom stereocenters. The largest absolute Gasteiger partial charge is 0.352 e. The summed E-state index contributed by atoms with van der Waals surface area (Å²) in [5.74, 6) is 0.180. The summed E-state index contributed by atoms with van der Waals surface area (Å²) in [7, 11) is 2.00. The summed E-state index contributed by atoms with van der Waals surface area (Å²) >= 11 is 1.63. The average molecular weight is 532 g/mol. The second-order valence-electron chi connectivity index (χ2n) is 8.45. The van der Waals surface area contributed by atoms with Crippen LogP contribution in [0.1, 0.15) is 23.2 Å². The van der Waals surface area contributed by atoms with Crippen molar-refractivity contribution in [2.24, 2.45) is 7.05 Å². The lowest BCUT2D eigenvalue weighted by Gasteiger charge is -2.08. The molecule has 11 heteroatoms. The molecule has 0 radical (unpaired) electrons. The van der Waals surface area contributed by atoms with Gasteiger partial charge in [-0.1, -0.05) is 72.4 Å². The minimum Gasteiger partial charge on any atom is -0.352 e. The molecule has 0 spiro atoms. The highest BCUT2D eigenvalue weighted by molar-refractivity contribution is 7.99. The molecule has 10 nitrogen and oxygen atoms in total. The quantitative estimate of drug-likeness (QED) is 0.111. The summed E-state index contributed by atoms with van der Waals surface area (Å²) in [5.41, 5.74) is 2.96. The molecule has 4 rings (SSSR count). The molecule has 0 aliphatic carbocycles. The second-order valence-corrected chi connectivity index (χ2v) is 9.51. The van der Waals surface area contributed by atoms with E-state index in [1.54, 1.807) is 11.8 Å². The number of nitrogens with zero attached hydrogens (tertiary/aromatic N) is 4. The number of thioether (sulfide) groups is 1. The van der Waals surface area contributed by atoms with Gasteiger partial charge in [-0.25, -0.2) is 4.98 Å². The van der Waals surface area contributed by atoms with Crippen molar-refractivity contribution in [2.45, 2.75) is 18.0 Å². The number of rotatable bonds is 11. The molecule has 1 heterocycles. The van der Waals surface area contributed by atoms with E-state index >= 15 is 0 Å². The Kier molecular flexibility index (Phi) is 8.49. The summed E-state index contributed by atoms with van der Waals surface area (Å²) in [4.78, 5) is 37.9. The van der Waals surface area contributed by atoms with Crippen LogP contribution in [0.5, 0.6) is 0 Å². The molecule has 1 amide bonds. The summed E-state index contributed by atoms with van der Waals surface area (Å²) in [6.45, 7) is 0.334. The lowest BCUT2D eigenvalue weighted by Crippen LogP contribution is -2.24. The van der Waals surface area contributed by atoms with E-state index in [0.717, 1.165) is 58.0 Å². The molecule has 38 heavy (non-hydrogen) atoms. The fourth-order valence-electron chi connectivity index (χ4n) is 3.96. The lowest BCUT2D eigenvalue weighted by atomic mass is 10.1. The molecule has 3 aromatic carbocycles. The van der Waals surface area contributed by atoms with Gasteiger partial charge in [0.15, 0.2) is 5.16 Å². The van der Waals surface area contributed by atoms with Crippen molar-refractivity contribution in [3.05, 3.63) is 105 Å². The fourth-order valence-corrected chi connectivity index (χ4v) is 4.93. The maximum absolute atomic E-state index is 12.4. The number of benzene rings is 3. The Hall–Kier alpha value is -4.51. The van der Waals surface area contributed by atoms with Gasteiger partial charge in [-0.2, -0.15) is 0 Å². The monoisotopic (exact) mass is 531 g/mol. The van der Waals surface area contributed by atoms with Gasteiger partial charge < -0.3 is 9.88 Å². The van der Waals surface area contributed by atoms with Crippen LogP contribution in [0, 0.1) is 20.2 Å². The number of imidazole rings is 1. The molecule has 0 aliphatic rings. The number of aromatic nitrogens is 2. The molecule has 4 aromatic rings. The zero-order chi connectivity index (χ0) is 27.1. The Labute approximate surface area is 223 Å². The van der Waals surface area contributed by atoms with E-state index in [0.29, 0.717) is 13.0 Å². The summed E-state index contributed by atoms with van der Waals surface area (Å²) < 4.78 is 2.10. The Bertz CT molecular complexity index is 1430. The van der Waals surface area contributed by atoms with Crippen molar-refractivity contribution in [3.63, 3.8) is 0 Å². The van der Waals surface area contributed by atoms with Gasteiger partial charge in [0.1, 0.15) is 0 Å². The van der Waals surface area contributed by atoms with Crippen LogP contribution >= 0.6 is 11.8 Å². The second kappa shape index (κ2) is 12.2. The highest BCUT2D eigenvalue weighted by atomic mass is 32.2. The van der Waals surface area contributed by atoms with Gasteiger partial charge in [0.05, 0.1) is 32.9 Å². The molecule has 0 fully saturated rings. The predicted molar refractivity (Wildman–Crippen MR) is 146 cm³/mol. The Morgan fingerprint density at radius 1 is 0.895 bits per heavy atom. The number of hydrogen-bond donors (Lipinski definition) is 1. The standard InChI is InChI=1S/C27H25N5O5S/c1-30-25(20-12-6-3-7-13-20)24(19-10-4-2-5-11-19)29-27(30)38-15-9-8-14-28-26(33)21-16-22(31(34)35)18-23(17-21)32(36)37/h2-7,10-13,16-18H,8-9,14-15H2,1H3,(H,28,33). The Morgan fingerprint density at radius 2 is 1.47 bits per heavy atom. The average Bonchev–Trinajstić information content (AvgIpc) is 3.26. The van der Waals surface area contributed by atoms with Crippen LogP contribution in [0.15, 0.2) is 84.0 Å². The zero-order valence-electron chi connectivity index (χ0n) is 20.6. The van der Waals surface area contributed by atoms with Gasteiger partial charge in [-0.3, -0.25) is 25.0 Å². The van der Waals surface area contributed by atoms with Crippen molar-refractivity contribution in [1.82, 2.24) is 14.9 Å². The maximum Gasteiger partial charge on any atom is 0.277 e. The first-order valence-corrected chi connectivity index (χ1v) is 12.9. The smallest absolute Gasteiger partial charge is 0.277 e. The Balaban J connectivity index is 1.36. The van der Waals surface area contributed by atoms with Crippen molar-refractivity contribution >= 4 is 29.0 Å². The van der Waals surface area contributed by atoms with E-state index < -0.39 is 27.1 Å². The topological polar surface area (TPSA) is 133 Å². The number of amides is 1. The normalized spacial score (nSPS) is 10.8. The SMILES string of the molecule is Cn1c(SCCCCNC(=O)c2cc([N+](=O)[O-])cc([N+](=O)[O-])c2)nc(-c2ccccc2)c1-c1ccccc1. The van der Waals surface area contributed by atoms with Crippen LogP contribution in [-0.2, 0) is 7.05 Å². The van der Waals surface area contributed by atoms with Crippen molar-refractivity contribution < 1.29 is 14.6 Å². The van der Waals surface area contributed by atoms with E-state index in [-0.39, 0.29) is 5.56 Å². The minimum absolute atomic E-state index is 0.116. The van der Waals surface area contributed by atoms with Gasteiger partial charge in [0.25, 0.3) is 17.3 Å². The molecule has 0 bridgehead atoms. The maximum atomic E-state index is 12.4. The van der Waals surface area contributed by atoms with E-state index in [2.05, 4.69) is 22.0 Å². The third kappa shape index (κ3) is 6.24. The van der Waals surface area contributed by atoms with Crippen LogP contribution in [0.2, 0.25) is 0 Å². The number of unbranched alkanes of at least 4 members (excludes halogenated alkanes) is 1. The highest BCUT2D eigenvalue weighted by Gasteiger charge is 2.20. The third-order valence-electron chi connectivity index (χ3n) is 5.82. The van der Waals surface area contributed by atoms with Crippen LogP contribution < -0.4 is 5.32 Å². The first-order chi connectivity index (χ1) is 18.3. The van der Waals surface area contributed by atoms with Crippen molar-refractivity contribution in [1.29, 1.82) is 0 Å². The number of nitro groups is 2. The molecule has 194 valence electrons. The van der Waals surface area contributed by atoms with Crippen molar-refractivity contribution in [3.8, 4) is 22.5 Å². The van der Waals surface area contributed by atoms with Gasteiger partial charge in [0.2, 0.25) is 0 Å². The van der Waals surface area contributed by atoms with E-state index in [1.807, 2.05) is 55.6 Å². The molecule has 1 N–H and O–H groups in total. The molecule has 0 saturated carbocycles. The number of nitrogens with one attached hydrogen (secondary N) is 1. The lowest BCUT2D eigenvalue weighted by molar-refractivity contribution is -0.394. The minimum atomic E-state index is -0.759. The number of carbonyl (C=O) groups excluding carboxylic acids is 1. The summed E-state index contributed by atoms with van der Waals surface area (Å²) in [6, 6.07) is 23.1. The molecule has 0 unspecified atom stereocenters. The Morgan fingerprint density at radius 3 is 2.05 bits per heavy atom. The molecular formula is C27H25N5O5S. The first-order valence-electron chi connectivity index (χ1n) is 11.9. The molecule has 1 aromatic heterocycles. The van der Waals surface area contributed by atoms with Gasteiger partial charge in [0, 0.05) is 42.6 Å². The van der Waals surface area contributed by atoms with E-state index in [4.69, 9.17) is 4.98 Å². The first kappa shape index (κ1) is 26.6. The van der Waals surface area contributed by atoms with Crippen molar-refractivity contribution in [2.75, 3.05) is 12.3 Å². The van der Waals surface area contributed by atoms with E-state index in [1.165, 1.54) is 0 Å². The zero-order valence-corrected chi connectivity index (χ0v) is 21.4. The number of hydrogen-bond acceptors (Lipinski definition) is 7. The van der Waals surface area contributed by atoms with Crippen LogP contribution in [0.4, 0.5) is 11.4 Å². The number of carbonyl (C=O) groups is 1. The fraction of sp³-hybridized carbons (Fsp3) is 0.185. The highest BCUT2D eigenvalue weighted by Crippen LogP contribution is 2.35. The summed E-state index contributed by atoms with van der Waals surface area (Å²) in [5, 5.41) is 25.7. The van der Waals surface area contributed by atoms with Gasteiger partial charge >= 0.3 is 0 Å². The number of nitro benzene ring substituents is 2. The van der Waals surface area contributed by atoms with Gasteiger partial charge in [-0.15, -0.1) is 0 Å². The molecule has 0 aliphatic heterocycles. The van der Waals surface area contributed by atoms with Crippen LogP contribution in [-0.4, -0.2) is 37.6 Å². The predicted octanol–water partition coefficient (Wildman–Crippen LogP) is 5.87. The summed E-state index contributed by atoms with van der Waals surface area (Å²) in [6.07, 6.45) is 1.45. The van der Waals surface area contributed by atoms with Crippen LogP contribution in [0.25, 0.3) is 22.5 Å². The van der Waals surface area contributed by atoms with Crippen LogP contribution in [0.3, 0.4) is 0 Å². The third-order valence-corrected chi connectivity index (χ3v) is 6.94. The van der Waals surface area contributed by atoms with Gasteiger partial charge in [-0.05, 0) is 12.8 Å². The molecular weight excluding hydrogens is 506 g/mol. The van der Waals surface area contributed by atoms with E-state index in [9.17, 15) is 25.0 Å². The number of non-ortho nitro benzene ring substituents is 2.